The lowest BCUT2D eigenvalue weighted by molar-refractivity contribution is -0.142. The van der Waals surface area contributed by atoms with Gasteiger partial charge in [0.05, 0.1) is 7.11 Å². The normalized spacial score (nSPS) is 11.7. The topological polar surface area (TPSA) is 66.8 Å². The van der Waals surface area contributed by atoms with Crippen LogP contribution >= 0.6 is 15.9 Å². The summed E-state index contributed by atoms with van der Waals surface area (Å²) in [5.74, 6) is -1.07. The van der Waals surface area contributed by atoms with Crippen molar-refractivity contribution in [1.29, 1.82) is 0 Å². The molecule has 0 aromatic heterocycles. The maximum absolute atomic E-state index is 11.4. The molecule has 1 aromatic carbocycles. The number of hydrogen-bond donors (Lipinski definition) is 1. The van der Waals surface area contributed by atoms with Crippen molar-refractivity contribution < 1.29 is 19.4 Å². The third-order valence-electron chi connectivity index (χ3n) is 2.59. The van der Waals surface area contributed by atoms with E-state index >= 15 is 0 Å². The fraction of sp³-hybridized carbons (Fsp3) is 0.333. The van der Waals surface area contributed by atoms with E-state index in [1.165, 1.54) is 14.2 Å². The molecule has 1 atom stereocenters. The molecule has 6 heteroatoms. The van der Waals surface area contributed by atoms with E-state index < -0.39 is 18.1 Å². The third kappa shape index (κ3) is 3.46. The molecule has 0 heterocycles. The number of methoxy groups -OCH3 is 1. The molecular weight excluding hydrogens is 302 g/mol. The highest BCUT2D eigenvalue weighted by atomic mass is 79.9. The summed E-state index contributed by atoms with van der Waals surface area (Å²) in [6.07, 6.45) is -0.461. The molecule has 1 N–H and O–H groups in total. The number of nitrogens with zero attached hydrogens (tertiary/aromatic N) is 1. The highest BCUT2D eigenvalue weighted by molar-refractivity contribution is 9.10. The summed E-state index contributed by atoms with van der Waals surface area (Å²) in [6.45, 7) is 0. The van der Waals surface area contributed by atoms with Crippen molar-refractivity contribution >= 4 is 28.0 Å². The number of rotatable bonds is 4. The second kappa shape index (κ2) is 6.39. The minimum Gasteiger partial charge on any atom is -0.480 e. The maximum atomic E-state index is 11.4. The van der Waals surface area contributed by atoms with Crippen LogP contribution in [0, 0.1) is 0 Å². The Morgan fingerprint density at radius 1 is 1.44 bits per heavy atom. The molecule has 0 unspecified atom stereocenters. The molecule has 0 saturated carbocycles. The lowest BCUT2D eigenvalue weighted by Gasteiger charge is -2.23. The molecule has 5 nitrogen and oxygen atoms in total. The van der Waals surface area contributed by atoms with Gasteiger partial charge in [0.25, 0.3) is 0 Å². The van der Waals surface area contributed by atoms with E-state index in [1.54, 1.807) is 0 Å². The molecule has 0 bridgehead atoms. The Bertz CT molecular complexity index is 449. The van der Waals surface area contributed by atoms with Crippen molar-refractivity contribution in [3.05, 3.63) is 34.3 Å². The van der Waals surface area contributed by atoms with Gasteiger partial charge < -0.3 is 9.84 Å². The molecule has 18 heavy (non-hydrogen) atoms. The van der Waals surface area contributed by atoms with Crippen LogP contribution in [0.25, 0.3) is 0 Å². The third-order valence-corrected chi connectivity index (χ3v) is 3.36. The monoisotopic (exact) mass is 315 g/mol. The SMILES string of the molecule is COC(=O)N(C)[C@H](Cc1ccccc1Br)C(=O)O. The van der Waals surface area contributed by atoms with Crippen molar-refractivity contribution in [1.82, 2.24) is 4.90 Å². The number of benzene rings is 1. The van der Waals surface area contributed by atoms with Crippen molar-refractivity contribution in [2.24, 2.45) is 0 Å². The van der Waals surface area contributed by atoms with Gasteiger partial charge in [0, 0.05) is 17.9 Å². The van der Waals surface area contributed by atoms with Gasteiger partial charge >= 0.3 is 12.1 Å². The van der Waals surface area contributed by atoms with Gasteiger partial charge in [0.15, 0.2) is 0 Å². The Labute approximate surface area is 113 Å². The molecule has 1 rings (SSSR count). The lowest BCUT2D eigenvalue weighted by atomic mass is 10.1. The molecular formula is C12H14BrNO4. The predicted molar refractivity (Wildman–Crippen MR) is 69.4 cm³/mol. The molecule has 0 fully saturated rings. The number of carbonyl (C=O) groups excluding carboxylic acids is 1. The first-order valence-corrected chi connectivity index (χ1v) is 6.03. The fourth-order valence-electron chi connectivity index (χ4n) is 1.53. The predicted octanol–water partition coefficient (Wildman–Crippen LogP) is 2.14. The van der Waals surface area contributed by atoms with Gasteiger partial charge in [-0.3, -0.25) is 4.90 Å². The molecule has 0 spiro atoms. The van der Waals surface area contributed by atoms with Crippen LogP contribution in [0.2, 0.25) is 0 Å². The lowest BCUT2D eigenvalue weighted by Crippen LogP contribution is -2.43. The average molecular weight is 316 g/mol. The molecule has 0 aliphatic carbocycles. The number of hydrogen-bond acceptors (Lipinski definition) is 3. The van der Waals surface area contributed by atoms with Crippen molar-refractivity contribution in [3.8, 4) is 0 Å². The number of carbonyl (C=O) groups is 2. The van der Waals surface area contributed by atoms with Crippen LogP contribution in [0.3, 0.4) is 0 Å². The van der Waals surface area contributed by atoms with Gasteiger partial charge in [0.2, 0.25) is 0 Å². The van der Waals surface area contributed by atoms with Crippen LogP contribution in [0.1, 0.15) is 5.56 Å². The highest BCUT2D eigenvalue weighted by Crippen LogP contribution is 2.19. The fourth-order valence-corrected chi connectivity index (χ4v) is 1.98. The van der Waals surface area contributed by atoms with Crippen LogP contribution in [0.15, 0.2) is 28.7 Å². The van der Waals surface area contributed by atoms with E-state index in [0.29, 0.717) is 0 Å². The molecule has 1 amide bonds. The Balaban J connectivity index is 2.91. The van der Waals surface area contributed by atoms with Gasteiger partial charge in [-0.15, -0.1) is 0 Å². The Hall–Kier alpha value is -1.56. The van der Waals surface area contributed by atoms with E-state index in [-0.39, 0.29) is 6.42 Å². The Morgan fingerprint density at radius 3 is 2.56 bits per heavy atom. The van der Waals surface area contributed by atoms with E-state index in [1.807, 2.05) is 24.3 Å². The minimum absolute atomic E-state index is 0.211. The van der Waals surface area contributed by atoms with Crippen LogP contribution in [0.4, 0.5) is 4.79 Å². The quantitative estimate of drug-likeness (QED) is 0.924. The maximum Gasteiger partial charge on any atom is 0.409 e. The molecule has 98 valence electrons. The first kappa shape index (κ1) is 14.5. The van der Waals surface area contributed by atoms with Gasteiger partial charge in [-0.2, -0.15) is 0 Å². The number of carboxylic acid groups (broad SMARTS) is 1. The van der Waals surface area contributed by atoms with E-state index in [9.17, 15) is 14.7 Å². The molecule has 0 aliphatic heterocycles. The zero-order chi connectivity index (χ0) is 13.7. The van der Waals surface area contributed by atoms with Crippen LogP contribution < -0.4 is 0 Å². The van der Waals surface area contributed by atoms with Crippen molar-refractivity contribution in [2.45, 2.75) is 12.5 Å². The molecule has 0 radical (unpaired) electrons. The second-order valence-electron chi connectivity index (χ2n) is 3.73. The first-order valence-electron chi connectivity index (χ1n) is 5.24. The van der Waals surface area contributed by atoms with Gasteiger partial charge in [-0.25, -0.2) is 9.59 Å². The summed E-state index contributed by atoms with van der Waals surface area (Å²) < 4.78 is 5.34. The Morgan fingerprint density at radius 2 is 2.06 bits per heavy atom. The van der Waals surface area contributed by atoms with Crippen molar-refractivity contribution in [2.75, 3.05) is 14.2 Å². The van der Waals surface area contributed by atoms with E-state index in [0.717, 1.165) is 14.9 Å². The van der Waals surface area contributed by atoms with E-state index in [4.69, 9.17) is 0 Å². The number of halogens is 1. The summed E-state index contributed by atoms with van der Waals surface area (Å²) in [5.41, 5.74) is 0.820. The largest absolute Gasteiger partial charge is 0.480 e. The van der Waals surface area contributed by atoms with Gasteiger partial charge in [0.1, 0.15) is 6.04 Å². The van der Waals surface area contributed by atoms with Gasteiger partial charge in [-0.05, 0) is 11.6 Å². The van der Waals surface area contributed by atoms with Crippen molar-refractivity contribution in [3.63, 3.8) is 0 Å². The Kier molecular flexibility index (Phi) is 5.15. The number of aliphatic carboxylic acids is 1. The van der Waals surface area contributed by atoms with Gasteiger partial charge in [-0.1, -0.05) is 34.1 Å². The number of ether oxygens (including phenoxy) is 1. The number of likely N-dealkylation sites (N-methyl/N-ethyl adjacent to an activating group) is 1. The second-order valence-corrected chi connectivity index (χ2v) is 4.58. The smallest absolute Gasteiger partial charge is 0.409 e. The average Bonchev–Trinajstić information content (AvgIpc) is 2.35. The van der Waals surface area contributed by atoms with Crippen LogP contribution in [0.5, 0.6) is 0 Å². The summed E-state index contributed by atoms with van der Waals surface area (Å²) in [5, 5.41) is 9.18. The number of amides is 1. The minimum atomic E-state index is -1.07. The van der Waals surface area contributed by atoms with Crippen LogP contribution in [-0.4, -0.2) is 42.3 Å². The molecule has 0 saturated heterocycles. The number of carboxylic acids is 1. The van der Waals surface area contributed by atoms with Crippen LogP contribution in [-0.2, 0) is 16.0 Å². The molecule has 0 aliphatic rings. The van der Waals surface area contributed by atoms with E-state index in [2.05, 4.69) is 20.7 Å². The standard InChI is InChI=1S/C12H14BrNO4/c1-14(12(17)18-2)10(11(15)16)7-8-5-3-4-6-9(8)13/h3-6,10H,7H2,1-2H3,(H,15,16)/t10-/m1/s1. The first-order chi connectivity index (χ1) is 8.47. The highest BCUT2D eigenvalue weighted by Gasteiger charge is 2.27. The summed E-state index contributed by atoms with van der Waals surface area (Å²) >= 11 is 3.35. The summed E-state index contributed by atoms with van der Waals surface area (Å²) in [7, 11) is 2.62. The zero-order valence-electron chi connectivity index (χ0n) is 10.1. The summed E-state index contributed by atoms with van der Waals surface area (Å²) in [6, 6.07) is 6.33. The summed E-state index contributed by atoms with van der Waals surface area (Å²) in [4.78, 5) is 23.6. The zero-order valence-corrected chi connectivity index (χ0v) is 11.7. The molecule has 1 aromatic rings.